The summed E-state index contributed by atoms with van der Waals surface area (Å²) in [4.78, 5) is 0. The summed E-state index contributed by atoms with van der Waals surface area (Å²) in [7, 11) is 0. The molecule has 0 saturated carbocycles. The molecule has 94 valence electrons. The van der Waals surface area contributed by atoms with Gasteiger partial charge in [-0.3, -0.25) is 0 Å². The number of anilines is 2. The average molecular weight is 370 g/mol. The van der Waals surface area contributed by atoms with Crippen LogP contribution in [0, 0.1) is 6.92 Å². The summed E-state index contributed by atoms with van der Waals surface area (Å²) in [6, 6.07) is 12.3. The molecule has 0 aromatic heterocycles. The number of nitrogen functional groups attached to an aromatic ring is 1. The van der Waals surface area contributed by atoms with Crippen LogP contribution in [0.15, 0.2) is 45.3 Å². The molecule has 18 heavy (non-hydrogen) atoms. The first-order valence-electron chi connectivity index (χ1n) is 5.60. The van der Waals surface area contributed by atoms with Gasteiger partial charge in [-0.05, 0) is 58.2 Å². The van der Waals surface area contributed by atoms with E-state index in [9.17, 15) is 0 Å². The predicted molar refractivity (Wildman–Crippen MR) is 84.8 cm³/mol. The summed E-state index contributed by atoms with van der Waals surface area (Å²) in [5.41, 5.74) is 10.0. The van der Waals surface area contributed by atoms with Crippen molar-refractivity contribution in [3.63, 3.8) is 0 Å². The van der Waals surface area contributed by atoms with Gasteiger partial charge in [-0.25, -0.2) is 0 Å². The highest BCUT2D eigenvalue weighted by Crippen LogP contribution is 2.28. The summed E-state index contributed by atoms with van der Waals surface area (Å²) in [5.74, 6) is 0. The number of hydrogen-bond acceptors (Lipinski definition) is 2. The van der Waals surface area contributed by atoms with Crippen molar-refractivity contribution in [2.45, 2.75) is 13.5 Å². The normalized spacial score (nSPS) is 10.4. The Morgan fingerprint density at radius 2 is 1.78 bits per heavy atom. The standard InChI is InChI=1S/C14H14Br2N2/c1-9-6-14(12(16)7-13(9)17)18-8-10-2-4-11(15)5-3-10/h2-7,18H,8,17H2,1H3. The summed E-state index contributed by atoms with van der Waals surface area (Å²) in [5, 5.41) is 3.40. The van der Waals surface area contributed by atoms with Crippen molar-refractivity contribution in [1.29, 1.82) is 0 Å². The Hall–Kier alpha value is -1.00. The van der Waals surface area contributed by atoms with Gasteiger partial charge in [-0.2, -0.15) is 0 Å². The van der Waals surface area contributed by atoms with E-state index in [1.807, 2.05) is 25.1 Å². The molecule has 3 N–H and O–H groups in total. The van der Waals surface area contributed by atoms with Crippen molar-refractivity contribution in [2.75, 3.05) is 11.1 Å². The van der Waals surface area contributed by atoms with Crippen LogP contribution in [-0.2, 0) is 6.54 Å². The molecule has 2 aromatic carbocycles. The molecule has 0 radical (unpaired) electrons. The third-order valence-corrected chi connectivity index (χ3v) is 3.94. The van der Waals surface area contributed by atoms with Crippen LogP contribution < -0.4 is 11.1 Å². The Morgan fingerprint density at radius 3 is 2.44 bits per heavy atom. The molecule has 0 spiro atoms. The first-order valence-corrected chi connectivity index (χ1v) is 7.19. The van der Waals surface area contributed by atoms with Gasteiger partial charge >= 0.3 is 0 Å². The second kappa shape index (κ2) is 5.76. The molecule has 2 rings (SSSR count). The Kier molecular flexibility index (Phi) is 4.30. The predicted octanol–water partition coefficient (Wildman–Crippen LogP) is 4.71. The van der Waals surface area contributed by atoms with Crippen molar-refractivity contribution < 1.29 is 0 Å². The van der Waals surface area contributed by atoms with E-state index in [0.29, 0.717) is 0 Å². The Labute approximate surface area is 124 Å². The Balaban J connectivity index is 2.10. The molecule has 0 heterocycles. The minimum atomic E-state index is 0.787. The fraction of sp³-hybridized carbons (Fsp3) is 0.143. The zero-order valence-electron chi connectivity index (χ0n) is 10.0. The van der Waals surface area contributed by atoms with Gasteiger partial charge in [-0.15, -0.1) is 0 Å². The van der Waals surface area contributed by atoms with Crippen molar-refractivity contribution in [3.8, 4) is 0 Å². The lowest BCUT2D eigenvalue weighted by atomic mass is 10.1. The Bertz CT molecular complexity index is 550. The molecule has 2 nitrogen and oxygen atoms in total. The number of aryl methyl sites for hydroxylation is 1. The van der Waals surface area contributed by atoms with Gasteiger partial charge in [0.1, 0.15) is 0 Å². The fourth-order valence-electron chi connectivity index (χ4n) is 1.63. The van der Waals surface area contributed by atoms with Crippen molar-refractivity contribution in [2.24, 2.45) is 0 Å². The third-order valence-electron chi connectivity index (χ3n) is 2.75. The minimum Gasteiger partial charge on any atom is -0.398 e. The Morgan fingerprint density at radius 1 is 1.11 bits per heavy atom. The zero-order valence-corrected chi connectivity index (χ0v) is 13.2. The fourth-order valence-corrected chi connectivity index (χ4v) is 2.40. The van der Waals surface area contributed by atoms with E-state index in [0.717, 1.165) is 32.4 Å². The summed E-state index contributed by atoms with van der Waals surface area (Å²) >= 11 is 6.95. The first kappa shape index (κ1) is 13.4. The SMILES string of the molecule is Cc1cc(NCc2ccc(Br)cc2)c(Br)cc1N. The molecule has 0 atom stereocenters. The second-order valence-electron chi connectivity index (χ2n) is 4.17. The molecule has 0 saturated heterocycles. The van der Waals surface area contributed by atoms with E-state index < -0.39 is 0 Å². The zero-order chi connectivity index (χ0) is 13.1. The first-order chi connectivity index (χ1) is 8.56. The van der Waals surface area contributed by atoms with Crippen LogP contribution in [0.5, 0.6) is 0 Å². The molecule has 0 aliphatic carbocycles. The number of benzene rings is 2. The van der Waals surface area contributed by atoms with Gasteiger partial charge in [0.15, 0.2) is 0 Å². The smallest absolute Gasteiger partial charge is 0.0491 e. The van der Waals surface area contributed by atoms with E-state index in [-0.39, 0.29) is 0 Å². The average Bonchev–Trinajstić information content (AvgIpc) is 2.34. The number of nitrogens with one attached hydrogen (secondary N) is 1. The maximum Gasteiger partial charge on any atom is 0.0491 e. The monoisotopic (exact) mass is 368 g/mol. The lowest BCUT2D eigenvalue weighted by molar-refractivity contribution is 1.14. The highest BCUT2D eigenvalue weighted by molar-refractivity contribution is 9.10. The molecule has 4 heteroatoms. The number of hydrogen-bond donors (Lipinski definition) is 2. The van der Waals surface area contributed by atoms with Crippen molar-refractivity contribution >= 4 is 43.2 Å². The largest absolute Gasteiger partial charge is 0.398 e. The third kappa shape index (κ3) is 3.27. The van der Waals surface area contributed by atoms with Crippen molar-refractivity contribution in [3.05, 3.63) is 56.5 Å². The van der Waals surface area contributed by atoms with Crippen LogP contribution in [0.25, 0.3) is 0 Å². The number of nitrogens with two attached hydrogens (primary N) is 1. The highest BCUT2D eigenvalue weighted by Gasteiger charge is 2.03. The van der Waals surface area contributed by atoms with Gasteiger partial charge in [0.25, 0.3) is 0 Å². The van der Waals surface area contributed by atoms with E-state index >= 15 is 0 Å². The molecular weight excluding hydrogens is 356 g/mol. The lowest BCUT2D eigenvalue weighted by Crippen LogP contribution is -2.01. The van der Waals surface area contributed by atoms with Crippen LogP contribution in [0.3, 0.4) is 0 Å². The van der Waals surface area contributed by atoms with Crippen LogP contribution in [-0.4, -0.2) is 0 Å². The number of halogens is 2. The molecule has 0 aliphatic rings. The second-order valence-corrected chi connectivity index (χ2v) is 5.94. The summed E-state index contributed by atoms with van der Waals surface area (Å²) < 4.78 is 2.08. The summed E-state index contributed by atoms with van der Waals surface area (Å²) in [6.45, 7) is 2.79. The van der Waals surface area contributed by atoms with Gasteiger partial charge < -0.3 is 11.1 Å². The van der Waals surface area contributed by atoms with Gasteiger partial charge in [0.05, 0.1) is 0 Å². The maximum atomic E-state index is 5.85. The minimum absolute atomic E-state index is 0.787. The van der Waals surface area contributed by atoms with Crippen LogP contribution in [0.1, 0.15) is 11.1 Å². The van der Waals surface area contributed by atoms with Gasteiger partial charge in [-0.1, -0.05) is 28.1 Å². The lowest BCUT2D eigenvalue weighted by Gasteiger charge is -2.11. The van der Waals surface area contributed by atoms with E-state index in [1.165, 1.54) is 5.56 Å². The molecule has 0 fully saturated rings. The molecule has 0 amide bonds. The molecular formula is C14H14Br2N2. The van der Waals surface area contributed by atoms with Crippen LogP contribution in [0.4, 0.5) is 11.4 Å². The van der Waals surface area contributed by atoms with E-state index in [4.69, 9.17) is 5.73 Å². The summed E-state index contributed by atoms with van der Waals surface area (Å²) in [6.07, 6.45) is 0. The molecule has 0 unspecified atom stereocenters. The quantitative estimate of drug-likeness (QED) is 0.768. The topological polar surface area (TPSA) is 38.0 Å². The van der Waals surface area contributed by atoms with E-state index in [1.54, 1.807) is 0 Å². The van der Waals surface area contributed by atoms with Gasteiger partial charge in [0, 0.05) is 26.9 Å². The number of rotatable bonds is 3. The molecule has 2 aromatic rings. The maximum absolute atomic E-state index is 5.85. The van der Waals surface area contributed by atoms with Crippen LogP contribution in [0.2, 0.25) is 0 Å². The highest BCUT2D eigenvalue weighted by atomic mass is 79.9. The van der Waals surface area contributed by atoms with Crippen LogP contribution >= 0.6 is 31.9 Å². The van der Waals surface area contributed by atoms with Gasteiger partial charge in [0.2, 0.25) is 0 Å². The molecule has 0 bridgehead atoms. The molecule has 0 aliphatic heterocycles. The van der Waals surface area contributed by atoms with Crippen molar-refractivity contribution in [1.82, 2.24) is 0 Å². The van der Waals surface area contributed by atoms with E-state index in [2.05, 4.69) is 55.4 Å².